The van der Waals surface area contributed by atoms with E-state index in [0.29, 0.717) is 0 Å². The van der Waals surface area contributed by atoms with E-state index in [9.17, 15) is 0 Å². The van der Waals surface area contributed by atoms with Crippen LogP contribution in [-0.2, 0) is 0 Å². The van der Waals surface area contributed by atoms with Crippen LogP contribution in [-0.4, -0.2) is 4.98 Å². The van der Waals surface area contributed by atoms with Gasteiger partial charge in [-0.15, -0.1) is 22.7 Å². The smallest absolute Gasteiger partial charge is 0.136 e. The highest BCUT2D eigenvalue weighted by molar-refractivity contribution is 7.28. The van der Waals surface area contributed by atoms with Crippen LogP contribution in [0.25, 0.3) is 96.3 Å². The molecule has 0 unspecified atom stereocenters. The van der Waals surface area contributed by atoms with Crippen molar-refractivity contribution >= 4 is 92.1 Å². The summed E-state index contributed by atoms with van der Waals surface area (Å²) in [6.45, 7) is 0. The van der Waals surface area contributed by atoms with Gasteiger partial charge >= 0.3 is 0 Å². The number of aromatic nitrogens is 1. The molecule has 0 radical (unpaired) electrons. The third kappa shape index (κ3) is 5.82. The Bertz CT molecular complexity index is 3510. The van der Waals surface area contributed by atoms with Crippen molar-refractivity contribution in [2.75, 3.05) is 4.90 Å². The van der Waals surface area contributed by atoms with E-state index >= 15 is 0 Å². The van der Waals surface area contributed by atoms with Gasteiger partial charge in [-0.05, 0) is 94.0 Å². The third-order valence-corrected chi connectivity index (χ3v) is 13.9. The van der Waals surface area contributed by atoms with E-state index in [1.807, 2.05) is 23.5 Å². The van der Waals surface area contributed by atoms with Crippen LogP contribution < -0.4 is 4.90 Å². The van der Waals surface area contributed by atoms with Crippen molar-refractivity contribution in [3.63, 3.8) is 0 Å². The van der Waals surface area contributed by atoms with Crippen molar-refractivity contribution < 1.29 is 4.42 Å². The number of thiazole rings is 1. The molecule has 282 valence electrons. The highest BCUT2D eigenvalue weighted by Gasteiger charge is 2.19. The molecule has 12 aromatic rings. The van der Waals surface area contributed by atoms with E-state index in [4.69, 9.17) is 9.40 Å². The molecule has 0 amide bonds. The number of anilines is 3. The Hall–Kier alpha value is -7.31. The number of hydrogen-bond acceptors (Lipinski definition) is 5. The molecular formula is C55H34N2OS2. The molecule has 0 fully saturated rings. The quantitative estimate of drug-likeness (QED) is 0.161. The van der Waals surface area contributed by atoms with Gasteiger partial charge in [-0.2, -0.15) is 0 Å². The molecule has 0 atom stereocenters. The molecule has 0 aliphatic rings. The topological polar surface area (TPSA) is 29.3 Å². The minimum absolute atomic E-state index is 0.901. The average molecular weight is 803 g/mol. The lowest BCUT2D eigenvalue weighted by molar-refractivity contribution is 0.669. The maximum atomic E-state index is 6.24. The highest BCUT2D eigenvalue weighted by Crippen LogP contribution is 2.46. The summed E-state index contributed by atoms with van der Waals surface area (Å²) < 4.78 is 10.1. The summed E-state index contributed by atoms with van der Waals surface area (Å²) in [6.07, 6.45) is 0. The molecule has 12 rings (SSSR count). The Labute approximate surface area is 354 Å². The lowest BCUT2D eigenvalue weighted by Gasteiger charge is -2.26. The van der Waals surface area contributed by atoms with Gasteiger partial charge in [0.2, 0.25) is 0 Å². The van der Waals surface area contributed by atoms with Gasteiger partial charge in [0, 0.05) is 53.6 Å². The van der Waals surface area contributed by atoms with Crippen LogP contribution in [0.5, 0.6) is 0 Å². The number of nitrogens with zero attached hydrogens (tertiary/aromatic N) is 2. The van der Waals surface area contributed by atoms with Gasteiger partial charge in [0.25, 0.3) is 0 Å². The molecule has 60 heavy (non-hydrogen) atoms. The highest BCUT2D eigenvalue weighted by atomic mass is 32.1. The molecule has 0 bridgehead atoms. The average Bonchev–Trinajstić information content (AvgIpc) is 4.04. The predicted octanol–water partition coefficient (Wildman–Crippen LogP) is 16.7. The van der Waals surface area contributed by atoms with Gasteiger partial charge in [-0.1, -0.05) is 146 Å². The summed E-state index contributed by atoms with van der Waals surface area (Å²) in [6, 6.07) is 73.7. The van der Waals surface area contributed by atoms with Crippen LogP contribution in [0.15, 0.2) is 211 Å². The minimum Gasteiger partial charge on any atom is -0.456 e. The molecule has 3 heterocycles. The Balaban J connectivity index is 0.941. The first-order valence-corrected chi connectivity index (χ1v) is 21.7. The zero-order valence-corrected chi connectivity index (χ0v) is 33.9. The van der Waals surface area contributed by atoms with Crippen molar-refractivity contribution in [3.8, 4) is 44.0 Å². The molecule has 5 heteroatoms. The van der Waals surface area contributed by atoms with E-state index in [-0.39, 0.29) is 0 Å². The van der Waals surface area contributed by atoms with Crippen molar-refractivity contribution in [2.24, 2.45) is 0 Å². The SMILES string of the molecule is c1ccc(-c2ccc(N(c3ccc(-c4cccc5c4sc4ccc6nc(-c7ccccc7)sc6c45)cc3)c3ccc(-c4cccc5oc6ccccc6c45)cc3)cc2)cc1. The van der Waals surface area contributed by atoms with Gasteiger partial charge in [0.15, 0.2) is 0 Å². The molecule has 3 aromatic heterocycles. The zero-order valence-electron chi connectivity index (χ0n) is 32.2. The molecule has 0 saturated carbocycles. The second kappa shape index (κ2) is 14.2. The van der Waals surface area contributed by atoms with Crippen LogP contribution in [0.3, 0.4) is 0 Å². The van der Waals surface area contributed by atoms with E-state index in [2.05, 4.69) is 199 Å². The molecule has 0 aliphatic heterocycles. The zero-order chi connectivity index (χ0) is 39.6. The number of benzene rings is 9. The lowest BCUT2D eigenvalue weighted by Crippen LogP contribution is -2.09. The number of thiophene rings is 1. The number of rotatable bonds is 7. The number of furan rings is 1. The number of hydrogen-bond donors (Lipinski definition) is 0. The fourth-order valence-corrected chi connectivity index (χ4v) is 11.1. The normalized spacial score (nSPS) is 11.7. The van der Waals surface area contributed by atoms with Crippen molar-refractivity contribution in [3.05, 3.63) is 206 Å². The summed E-state index contributed by atoms with van der Waals surface area (Å²) in [5.74, 6) is 0. The van der Waals surface area contributed by atoms with Crippen LogP contribution >= 0.6 is 22.7 Å². The summed E-state index contributed by atoms with van der Waals surface area (Å²) in [7, 11) is 0. The van der Waals surface area contributed by atoms with Crippen LogP contribution in [0.1, 0.15) is 0 Å². The summed E-state index contributed by atoms with van der Waals surface area (Å²) >= 11 is 3.66. The van der Waals surface area contributed by atoms with Crippen LogP contribution in [0.4, 0.5) is 17.1 Å². The van der Waals surface area contributed by atoms with Gasteiger partial charge in [-0.3, -0.25) is 0 Å². The summed E-state index contributed by atoms with van der Waals surface area (Å²) in [5.41, 5.74) is 14.4. The van der Waals surface area contributed by atoms with Gasteiger partial charge < -0.3 is 9.32 Å². The molecule has 0 aliphatic carbocycles. The second-order valence-corrected chi connectivity index (χ2v) is 17.1. The Kier molecular flexibility index (Phi) is 8.22. The first-order chi connectivity index (χ1) is 29.7. The number of para-hydroxylation sites is 1. The molecular weight excluding hydrogens is 769 g/mol. The summed E-state index contributed by atoms with van der Waals surface area (Å²) in [4.78, 5) is 7.40. The van der Waals surface area contributed by atoms with Crippen molar-refractivity contribution in [1.82, 2.24) is 4.98 Å². The van der Waals surface area contributed by atoms with E-state index < -0.39 is 0 Å². The third-order valence-electron chi connectivity index (χ3n) is 11.5. The first kappa shape index (κ1) is 34.7. The van der Waals surface area contributed by atoms with Crippen molar-refractivity contribution in [1.29, 1.82) is 0 Å². The van der Waals surface area contributed by atoms with Gasteiger partial charge in [0.1, 0.15) is 16.2 Å². The van der Waals surface area contributed by atoms with E-state index in [1.54, 1.807) is 11.3 Å². The predicted molar refractivity (Wildman–Crippen MR) is 256 cm³/mol. The molecule has 3 nitrogen and oxygen atoms in total. The van der Waals surface area contributed by atoms with Crippen LogP contribution in [0, 0.1) is 0 Å². The van der Waals surface area contributed by atoms with Crippen molar-refractivity contribution in [2.45, 2.75) is 0 Å². The second-order valence-electron chi connectivity index (χ2n) is 15.1. The Morgan fingerprint density at radius 2 is 0.917 bits per heavy atom. The first-order valence-electron chi connectivity index (χ1n) is 20.1. The van der Waals surface area contributed by atoms with E-state index in [1.165, 1.54) is 47.1 Å². The van der Waals surface area contributed by atoms with Crippen LogP contribution in [0.2, 0.25) is 0 Å². The molecule has 0 saturated heterocycles. The Morgan fingerprint density at radius 3 is 1.63 bits per heavy atom. The largest absolute Gasteiger partial charge is 0.456 e. The maximum absolute atomic E-state index is 6.24. The maximum Gasteiger partial charge on any atom is 0.136 e. The minimum atomic E-state index is 0.901. The lowest BCUT2D eigenvalue weighted by atomic mass is 9.99. The number of fused-ring (bicyclic) bond motifs is 8. The van der Waals surface area contributed by atoms with Gasteiger partial charge in [0.05, 0.1) is 10.2 Å². The molecule has 9 aromatic carbocycles. The summed E-state index contributed by atoms with van der Waals surface area (Å²) in [5, 5.41) is 5.92. The Morgan fingerprint density at radius 1 is 0.367 bits per heavy atom. The fraction of sp³-hybridized carbons (Fsp3) is 0. The molecule has 0 spiro atoms. The standard InChI is InChI=1S/C55H34N2OS2/c1-3-11-35(12-4-1)36-21-27-40(28-22-36)57(41-29-23-37(24-30-41)43-16-10-20-49-51(43)45-15-7-8-19-48(45)58-49)42-31-25-38(26-32-42)44-17-9-18-46-52-50(59-53(44)46)34-33-47-54(52)60-55(56-47)39-13-5-2-6-14-39/h1-34H. The fourth-order valence-electron chi connectivity index (χ4n) is 8.68. The van der Waals surface area contributed by atoms with Gasteiger partial charge in [-0.25, -0.2) is 4.98 Å². The monoisotopic (exact) mass is 802 g/mol. The molecule has 0 N–H and O–H groups in total. The van der Waals surface area contributed by atoms with E-state index in [0.717, 1.165) is 66.2 Å².